The van der Waals surface area contributed by atoms with Crippen LogP contribution in [0.5, 0.6) is 0 Å². The van der Waals surface area contributed by atoms with Gasteiger partial charge in [0.05, 0.1) is 5.69 Å². The summed E-state index contributed by atoms with van der Waals surface area (Å²) < 4.78 is 1.87. The Bertz CT molecular complexity index is 472. The van der Waals surface area contributed by atoms with Crippen molar-refractivity contribution in [3.63, 3.8) is 0 Å². The Morgan fingerprint density at radius 2 is 2.31 bits per heavy atom. The van der Waals surface area contributed by atoms with Crippen LogP contribution in [0.15, 0.2) is 6.33 Å². The molecule has 0 saturated carbocycles. The minimum absolute atomic E-state index is 0.734. The van der Waals surface area contributed by atoms with E-state index in [1.165, 1.54) is 17.7 Å². The molecule has 0 atom stereocenters. The first kappa shape index (κ1) is 7.00. The van der Waals surface area contributed by atoms with Crippen LogP contribution in [-0.4, -0.2) is 19.6 Å². The highest BCUT2D eigenvalue weighted by Gasteiger charge is 2.18. The van der Waals surface area contributed by atoms with Gasteiger partial charge in [0.1, 0.15) is 6.33 Å². The molecular formula is C9H10N4. The lowest BCUT2D eigenvalue weighted by atomic mass is 10.2. The zero-order valence-electron chi connectivity index (χ0n) is 7.49. The molecule has 0 amide bonds. The number of hydrogen-bond acceptors (Lipinski definition) is 3. The summed E-state index contributed by atoms with van der Waals surface area (Å²) in [6.07, 6.45) is 5.04. The van der Waals surface area contributed by atoms with Gasteiger partial charge in [-0.3, -0.25) is 0 Å². The molecule has 3 rings (SSSR count). The van der Waals surface area contributed by atoms with Crippen LogP contribution in [0.4, 0.5) is 0 Å². The van der Waals surface area contributed by atoms with E-state index >= 15 is 0 Å². The Kier molecular flexibility index (Phi) is 1.23. The van der Waals surface area contributed by atoms with Crippen molar-refractivity contribution in [2.45, 2.75) is 26.2 Å². The lowest BCUT2D eigenvalue weighted by Crippen LogP contribution is -2.02. The molecule has 0 bridgehead atoms. The fourth-order valence-corrected chi connectivity index (χ4v) is 2.07. The molecular weight excluding hydrogens is 164 g/mol. The lowest BCUT2D eigenvalue weighted by molar-refractivity contribution is 0.834. The Balaban J connectivity index is 2.48. The van der Waals surface area contributed by atoms with Gasteiger partial charge < -0.3 is 0 Å². The van der Waals surface area contributed by atoms with Crippen molar-refractivity contribution in [1.29, 1.82) is 0 Å². The predicted molar refractivity (Wildman–Crippen MR) is 47.5 cm³/mol. The standard InChI is InChI=1S/C9H10N4/c1-6-7-3-2-4-8(7)13-9(12-6)10-5-11-13/h5H,2-4H2,1H3. The van der Waals surface area contributed by atoms with E-state index in [4.69, 9.17) is 0 Å². The largest absolute Gasteiger partial charge is 0.252 e. The molecule has 4 heteroatoms. The molecule has 0 aliphatic heterocycles. The predicted octanol–water partition coefficient (Wildman–Crippen LogP) is 0.921. The maximum absolute atomic E-state index is 4.40. The second kappa shape index (κ2) is 2.28. The van der Waals surface area contributed by atoms with E-state index in [2.05, 4.69) is 22.0 Å². The first-order valence-corrected chi connectivity index (χ1v) is 4.54. The molecule has 2 aromatic heterocycles. The van der Waals surface area contributed by atoms with E-state index in [1.54, 1.807) is 6.33 Å². The van der Waals surface area contributed by atoms with E-state index < -0.39 is 0 Å². The van der Waals surface area contributed by atoms with E-state index in [0.717, 1.165) is 24.3 Å². The molecule has 1 aliphatic rings. The fourth-order valence-electron chi connectivity index (χ4n) is 2.07. The van der Waals surface area contributed by atoms with Crippen molar-refractivity contribution < 1.29 is 0 Å². The van der Waals surface area contributed by atoms with Crippen LogP contribution in [0.25, 0.3) is 5.78 Å². The molecule has 2 heterocycles. The Morgan fingerprint density at radius 3 is 3.23 bits per heavy atom. The average Bonchev–Trinajstić information content (AvgIpc) is 2.66. The van der Waals surface area contributed by atoms with Crippen molar-refractivity contribution in [3.05, 3.63) is 23.3 Å². The molecule has 0 fully saturated rings. The summed E-state index contributed by atoms with van der Waals surface area (Å²) in [5.41, 5.74) is 3.80. The Hall–Kier alpha value is -1.45. The number of fused-ring (bicyclic) bond motifs is 3. The van der Waals surface area contributed by atoms with E-state index in [1.807, 2.05) is 4.52 Å². The van der Waals surface area contributed by atoms with Crippen LogP contribution >= 0.6 is 0 Å². The summed E-state index contributed by atoms with van der Waals surface area (Å²) in [7, 11) is 0. The van der Waals surface area contributed by atoms with Crippen molar-refractivity contribution in [2.24, 2.45) is 0 Å². The fraction of sp³-hybridized carbons (Fsp3) is 0.444. The monoisotopic (exact) mass is 174 g/mol. The van der Waals surface area contributed by atoms with Gasteiger partial charge in [-0.2, -0.15) is 10.1 Å². The molecule has 0 N–H and O–H groups in total. The smallest absolute Gasteiger partial charge is 0.216 e. The van der Waals surface area contributed by atoms with Gasteiger partial charge in [0.25, 0.3) is 5.78 Å². The summed E-state index contributed by atoms with van der Waals surface area (Å²) in [5.74, 6) is 0.734. The zero-order valence-corrected chi connectivity index (χ0v) is 7.49. The molecule has 1 aliphatic carbocycles. The van der Waals surface area contributed by atoms with E-state index in [0.29, 0.717) is 0 Å². The zero-order chi connectivity index (χ0) is 8.84. The van der Waals surface area contributed by atoms with Gasteiger partial charge in [0.2, 0.25) is 0 Å². The summed E-state index contributed by atoms with van der Waals surface area (Å²) >= 11 is 0. The highest BCUT2D eigenvalue weighted by atomic mass is 15.3. The van der Waals surface area contributed by atoms with Crippen LogP contribution in [-0.2, 0) is 12.8 Å². The highest BCUT2D eigenvalue weighted by Crippen LogP contribution is 2.23. The van der Waals surface area contributed by atoms with Crippen LogP contribution in [0.3, 0.4) is 0 Å². The molecule has 0 unspecified atom stereocenters. The van der Waals surface area contributed by atoms with Crippen molar-refractivity contribution in [3.8, 4) is 0 Å². The number of aryl methyl sites for hydroxylation is 2. The van der Waals surface area contributed by atoms with Gasteiger partial charge in [-0.1, -0.05) is 0 Å². The van der Waals surface area contributed by atoms with Gasteiger partial charge in [0, 0.05) is 5.69 Å². The first-order chi connectivity index (χ1) is 6.36. The molecule has 4 nitrogen and oxygen atoms in total. The number of rotatable bonds is 0. The van der Waals surface area contributed by atoms with E-state index in [9.17, 15) is 0 Å². The topological polar surface area (TPSA) is 43.1 Å². The third-order valence-electron chi connectivity index (χ3n) is 2.68. The number of nitrogens with zero attached hydrogens (tertiary/aromatic N) is 4. The van der Waals surface area contributed by atoms with Gasteiger partial charge in [-0.05, 0) is 31.7 Å². The first-order valence-electron chi connectivity index (χ1n) is 4.54. The maximum atomic E-state index is 4.40. The summed E-state index contributed by atoms with van der Waals surface area (Å²) in [4.78, 5) is 8.49. The van der Waals surface area contributed by atoms with Crippen LogP contribution < -0.4 is 0 Å². The van der Waals surface area contributed by atoms with Crippen LogP contribution in [0.1, 0.15) is 23.4 Å². The molecule has 0 aromatic carbocycles. The molecule has 0 radical (unpaired) electrons. The number of aromatic nitrogens is 4. The average molecular weight is 174 g/mol. The van der Waals surface area contributed by atoms with Gasteiger partial charge in [-0.25, -0.2) is 9.50 Å². The van der Waals surface area contributed by atoms with Crippen molar-refractivity contribution in [1.82, 2.24) is 19.6 Å². The van der Waals surface area contributed by atoms with Crippen molar-refractivity contribution >= 4 is 5.78 Å². The summed E-state index contributed by atoms with van der Waals surface area (Å²) in [5, 5.41) is 4.17. The quantitative estimate of drug-likeness (QED) is 0.596. The molecule has 0 spiro atoms. The second-order valence-electron chi connectivity index (χ2n) is 3.45. The second-order valence-corrected chi connectivity index (χ2v) is 3.45. The Morgan fingerprint density at radius 1 is 1.38 bits per heavy atom. The van der Waals surface area contributed by atoms with Gasteiger partial charge in [0.15, 0.2) is 0 Å². The normalized spacial score (nSPS) is 15.2. The molecule has 0 saturated heterocycles. The minimum atomic E-state index is 0.734. The van der Waals surface area contributed by atoms with Crippen LogP contribution in [0.2, 0.25) is 0 Å². The minimum Gasteiger partial charge on any atom is -0.216 e. The summed E-state index contributed by atoms with van der Waals surface area (Å²) in [6, 6.07) is 0. The number of hydrogen-bond donors (Lipinski definition) is 0. The summed E-state index contributed by atoms with van der Waals surface area (Å²) in [6.45, 7) is 2.05. The molecule has 2 aromatic rings. The van der Waals surface area contributed by atoms with Gasteiger partial charge >= 0.3 is 0 Å². The molecule has 66 valence electrons. The molecule has 13 heavy (non-hydrogen) atoms. The van der Waals surface area contributed by atoms with Gasteiger partial charge in [-0.15, -0.1) is 0 Å². The van der Waals surface area contributed by atoms with Crippen molar-refractivity contribution in [2.75, 3.05) is 0 Å². The third kappa shape index (κ3) is 0.826. The lowest BCUT2D eigenvalue weighted by Gasteiger charge is -2.03. The Labute approximate surface area is 75.6 Å². The SMILES string of the molecule is Cc1nc2ncnn2c2c1CCC2. The van der Waals surface area contributed by atoms with Crippen LogP contribution in [0, 0.1) is 6.92 Å². The van der Waals surface area contributed by atoms with E-state index in [-0.39, 0.29) is 0 Å². The third-order valence-corrected chi connectivity index (χ3v) is 2.68. The highest BCUT2D eigenvalue weighted by molar-refractivity contribution is 5.38. The maximum Gasteiger partial charge on any atom is 0.252 e.